The summed E-state index contributed by atoms with van der Waals surface area (Å²) in [5.41, 5.74) is 0.645. The van der Waals surface area contributed by atoms with Gasteiger partial charge in [0.1, 0.15) is 5.82 Å². The van der Waals surface area contributed by atoms with Crippen LogP contribution in [0, 0.1) is 11.7 Å². The minimum atomic E-state index is -0.147. The lowest BCUT2D eigenvalue weighted by Gasteiger charge is -2.18. The number of anilines is 1. The average molecular weight is 193 g/mol. The van der Waals surface area contributed by atoms with E-state index in [4.69, 9.17) is 0 Å². The third-order valence-corrected chi connectivity index (χ3v) is 3.08. The number of hydrogen-bond donors (Lipinski definition) is 1. The van der Waals surface area contributed by atoms with Gasteiger partial charge in [0, 0.05) is 6.04 Å². The summed E-state index contributed by atoms with van der Waals surface area (Å²) in [5, 5.41) is 3.28. The van der Waals surface area contributed by atoms with Gasteiger partial charge in [0.15, 0.2) is 0 Å². The second-order valence-corrected chi connectivity index (χ2v) is 4.14. The zero-order chi connectivity index (χ0) is 9.97. The minimum absolute atomic E-state index is 0.147. The molecule has 0 spiro atoms. The van der Waals surface area contributed by atoms with Gasteiger partial charge < -0.3 is 5.32 Å². The molecule has 0 unspecified atom stereocenters. The first-order chi connectivity index (χ1) is 6.77. The minimum Gasteiger partial charge on any atom is -0.380 e. The molecule has 0 aliphatic heterocycles. The molecule has 1 nitrogen and oxygen atoms in total. The van der Waals surface area contributed by atoms with Crippen molar-refractivity contribution in [2.75, 3.05) is 5.32 Å². The average Bonchev–Trinajstić information content (AvgIpc) is 2.56. The van der Waals surface area contributed by atoms with Crippen molar-refractivity contribution >= 4 is 5.69 Å². The van der Waals surface area contributed by atoms with E-state index in [1.807, 2.05) is 6.07 Å². The highest BCUT2D eigenvalue weighted by atomic mass is 19.1. The van der Waals surface area contributed by atoms with Crippen LogP contribution in [-0.4, -0.2) is 6.04 Å². The summed E-state index contributed by atoms with van der Waals surface area (Å²) < 4.78 is 13.3. The topological polar surface area (TPSA) is 12.0 Å². The maximum Gasteiger partial charge on any atom is 0.146 e. The fraction of sp³-hybridized carbons (Fsp3) is 0.500. The van der Waals surface area contributed by atoms with Crippen LogP contribution in [-0.2, 0) is 0 Å². The van der Waals surface area contributed by atoms with E-state index in [1.54, 1.807) is 12.1 Å². The fourth-order valence-corrected chi connectivity index (χ4v) is 2.14. The fourth-order valence-electron chi connectivity index (χ4n) is 2.14. The lowest BCUT2D eigenvalue weighted by molar-refractivity contribution is 0.549. The molecular weight excluding hydrogens is 177 g/mol. The maximum absolute atomic E-state index is 13.3. The molecule has 0 saturated heterocycles. The van der Waals surface area contributed by atoms with Crippen LogP contribution in [0.15, 0.2) is 24.3 Å². The molecule has 0 radical (unpaired) electrons. The van der Waals surface area contributed by atoms with Crippen molar-refractivity contribution in [3.05, 3.63) is 30.1 Å². The van der Waals surface area contributed by atoms with Crippen molar-refractivity contribution in [3.8, 4) is 0 Å². The number of nitrogens with one attached hydrogen (secondary N) is 1. The lowest BCUT2D eigenvalue weighted by atomic mass is 10.1. The molecule has 1 saturated carbocycles. The van der Waals surface area contributed by atoms with Gasteiger partial charge in [0.2, 0.25) is 0 Å². The summed E-state index contributed by atoms with van der Waals surface area (Å²) in [5.74, 6) is 0.515. The van der Waals surface area contributed by atoms with E-state index in [0.717, 1.165) is 6.42 Å². The first kappa shape index (κ1) is 9.50. The second-order valence-electron chi connectivity index (χ2n) is 4.14. The van der Waals surface area contributed by atoms with Crippen molar-refractivity contribution in [2.24, 2.45) is 5.92 Å². The Morgan fingerprint density at radius 2 is 2.07 bits per heavy atom. The largest absolute Gasteiger partial charge is 0.380 e. The molecule has 1 aliphatic rings. The van der Waals surface area contributed by atoms with E-state index in [0.29, 0.717) is 17.6 Å². The first-order valence-electron chi connectivity index (χ1n) is 5.28. The summed E-state index contributed by atoms with van der Waals surface area (Å²) in [4.78, 5) is 0. The van der Waals surface area contributed by atoms with Crippen LogP contribution >= 0.6 is 0 Å². The van der Waals surface area contributed by atoms with E-state index in [1.165, 1.54) is 18.9 Å². The summed E-state index contributed by atoms with van der Waals surface area (Å²) >= 11 is 0. The highest BCUT2D eigenvalue weighted by Gasteiger charge is 2.23. The van der Waals surface area contributed by atoms with Crippen molar-refractivity contribution in [1.82, 2.24) is 0 Å². The van der Waals surface area contributed by atoms with E-state index in [-0.39, 0.29) is 5.82 Å². The Morgan fingerprint density at radius 1 is 1.29 bits per heavy atom. The zero-order valence-corrected chi connectivity index (χ0v) is 8.46. The number of benzene rings is 1. The Bertz CT molecular complexity index is 311. The Hall–Kier alpha value is -1.05. The lowest BCUT2D eigenvalue weighted by Crippen LogP contribution is -2.22. The molecule has 1 aromatic rings. The quantitative estimate of drug-likeness (QED) is 0.758. The summed E-state index contributed by atoms with van der Waals surface area (Å²) in [7, 11) is 0. The van der Waals surface area contributed by atoms with Crippen molar-refractivity contribution in [3.63, 3.8) is 0 Å². The predicted molar refractivity (Wildman–Crippen MR) is 56.8 cm³/mol. The SMILES string of the molecule is C[C@@H]1CCC[C@@H]1Nc1ccccc1F. The molecule has 76 valence electrons. The maximum atomic E-state index is 13.3. The molecule has 2 rings (SSSR count). The third kappa shape index (κ3) is 1.89. The number of halogens is 1. The summed E-state index contributed by atoms with van der Waals surface area (Å²) in [6, 6.07) is 7.35. The normalized spacial score (nSPS) is 26.4. The van der Waals surface area contributed by atoms with Crippen LogP contribution < -0.4 is 5.32 Å². The molecule has 2 atom stereocenters. The van der Waals surface area contributed by atoms with Gasteiger partial charge in [-0.15, -0.1) is 0 Å². The van der Waals surface area contributed by atoms with E-state index in [2.05, 4.69) is 12.2 Å². The van der Waals surface area contributed by atoms with Crippen LogP contribution in [0.4, 0.5) is 10.1 Å². The van der Waals surface area contributed by atoms with Crippen molar-refractivity contribution in [2.45, 2.75) is 32.2 Å². The van der Waals surface area contributed by atoms with Crippen LogP contribution in [0.2, 0.25) is 0 Å². The van der Waals surface area contributed by atoms with Gasteiger partial charge in [-0.25, -0.2) is 4.39 Å². The highest BCUT2D eigenvalue weighted by Crippen LogP contribution is 2.28. The highest BCUT2D eigenvalue weighted by molar-refractivity contribution is 5.45. The van der Waals surface area contributed by atoms with Gasteiger partial charge in [-0.2, -0.15) is 0 Å². The Balaban J connectivity index is 2.07. The second kappa shape index (κ2) is 3.99. The molecule has 1 N–H and O–H groups in total. The molecular formula is C12H16FN. The van der Waals surface area contributed by atoms with Crippen LogP contribution in [0.5, 0.6) is 0 Å². The van der Waals surface area contributed by atoms with Crippen LogP contribution in [0.25, 0.3) is 0 Å². The molecule has 0 amide bonds. The summed E-state index contributed by atoms with van der Waals surface area (Å²) in [6.07, 6.45) is 3.68. The number of hydrogen-bond acceptors (Lipinski definition) is 1. The van der Waals surface area contributed by atoms with Gasteiger partial charge in [-0.1, -0.05) is 25.5 Å². The summed E-state index contributed by atoms with van der Waals surface area (Å²) in [6.45, 7) is 2.23. The molecule has 1 fully saturated rings. The predicted octanol–water partition coefficient (Wildman–Crippen LogP) is 3.43. The van der Waals surface area contributed by atoms with Gasteiger partial charge in [0.05, 0.1) is 5.69 Å². The molecule has 0 bridgehead atoms. The smallest absolute Gasteiger partial charge is 0.146 e. The van der Waals surface area contributed by atoms with Gasteiger partial charge in [0.25, 0.3) is 0 Å². The monoisotopic (exact) mass is 193 g/mol. The van der Waals surface area contributed by atoms with Crippen molar-refractivity contribution < 1.29 is 4.39 Å². The standard InChI is InChI=1S/C12H16FN/c1-9-5-4-8-11(9)14-12-7-3-2-6-10(12)13/h2-3,6-7,9,11,14H,4-5,8H2,1H3/t9-,11+/m1/s1. The molecule has 2 heteroatoms. The molecule has 1 aromatic carbocycles. The van der Waals surface area contributed by atoms with E-state index < -0.39 is 0 Å². The first-order valence-corrected chi connectivity index (χ1v) is 5.28. The van der Waals surface area contributed by atoms with Crippen LogP contribution in [0.3, 0.4) is 0 Å². The molecule has 1 aliphatic carbocycles. The van der Waals surface area contributed by atoms with Gasteiger partial charge in [-0.3, -0.25) is 0 Å². The zero-order valence-electron chi connectivity index (χ0n) is 8.46. The van der Waals surface area contributed by atoms with Crippen molar-refractivity contribution in [1.29, 1.82) is 0 Å². The molecule has 0 heterocycles. The Kier molecular flexibility index (Phi) is 2.71. The van der Waals surface area contributed by atoms with E-state index >= 15 is 0 Å². The molecule has 14 heavy (non-hydrogen) atoms. The Morgan fingerprint density at radius 3 is 2.71 bits per heavy atom. The van der Waals surface area contributed by atoms with E-state index in [9.17, 15) is 4.39 Å². The molecule has 0 aromatic heterocycles. The van der Waals surface area contributed by atoms with Crippen LogP contribution in [0.1, 0.15) is 26.2 Å². The third-order valence-electron chi connectivity index (χ3n) is 3.08. The van der Waals surface area contributed by atoms with Gasteiger partial charge >= 0.3 is 0 Å². The number of rotatable bonds is 2. The van der Waals surface area contributed by atoms with Gasteiger partial charge in [-0.05, 0) is 30.9 Å². The Labute approximate surface area is 84.3 Å². The number of para-hydroxylation sites is 1.